The van der Waals surface area contributed by atoms with Gasteiger partial charge >= 0.3 is 23.9 Å². The molecular formula is C34H40N4S4Sn. The van der Waals surface area contributed by atoms with E-state index >= 15 is 0 Å². The number of benzene rings is 2. The van der Waals surface area contributed by atoms with E-state index in [9.17, 15) is 0 Å². The molecule has 0 bridgehead atoms. The van der Waals surface area contributed by atoms with Crippen LogP contribution < -0.4 is 9.80 Å². The van der Waals surface area contributed by atoms with Gasteiger partial charge < -0.3 is 59.5 Å². The third-order valence-corrected chi connectivity index (χ3v) is 6.25. The molecule has 0 spiro atoms. The maximum Gasteiger partial charge on any atom is 2.00 e. The maximum absolute atomic E-state index is 5.10. The maximum atomic E-state index is 5.10. The number of nitrogens with zero attached hydrogens (tertiary/aromatic N) is 4. The molecular weight excluding hydrogens is 711 g/mol. The Labute approximate surface area is 298 Å². The molecule has 0 fully saturated rings. The van der Waals surface area contributed by atoms with Crippen LogP contribution in [0.25, 0.3) is 0 Å². The monoisotopic (exact) mass is 752 g/mol. The molecule has 4 rings (SSSR count). The minimum absolute atomic E-state index is 0. The molecule has 2 aromatic carbocycles. The largest absolute Gasteiger partial charge is 2.00 e. The van der Waals surface area contributed by atoms with Gasteiger partial charge in [0.25, 0.3) is 0 Å². The molecule has 9 heteroatoms. The van der Waals surface area contributed by atoms with E-state index < -0.39 is 0 Å². The Kier molecular flexibility index (Phi) is 24.8. The van der Waals surface area contributed by atoms with Crippen LogP contribution in [0.15, 0.2) is 109 Å². The summed E-state index contributed by atoms with van der Waals surface area (Å²) in [4.78, 5) is 12.2. The summed E-state index contributed by atoms with van der Waals surface area (Å²) < 4.78 is 0.820. The summed E-state index contributed by atoms with van der Waals surface area (Å²) in [6.07, 6.45) is 8.03. The molecule has 0 unspecified atom stereocenters. The van der Waals surface area contributed by atoms with Crippen molar-refractivity contribution in [3.63, 3.8) is 0 Å². The molecule has 0 saturated carbocycles. The molecule has 0 aliphatic rings. The Morgan fingerprint density at radius 1 is 0.605 bits per heavy atom. The van der Waals surface area contributed by atoms with Gasteiger partial charge in [-0.1, -0.05) is 135 Å². The van der Waals surface area contributed by atoms with Gasteiger partial charge in [-0.3, -0.25) is 0 Å². The predicted molar refractivity (Wildman–Crippen MR) is 200 cm³/mol. The molecule has 4 aromatic rings. The number of aromatic nitrogens is 2. The van der Waals surface area contributed by atoms with Crippen LogP contribution in [0.3, 0.4) is 0 Å². The Morgan fingerprint density at radius 3 is 1.14 bits per heavy atom. The minimum Gasteiger partial charge on any atom is -0.411 e. The predicted octanol–water partition coefficient (Wildman–Crippen LogP) is 8.70. The van der Waals surface area contributed by atoms with Crippen molar-refractivity contribution < 1.29 is 0 Å². The van der Waals surface area contributed by atoms with Crippen LogP contribution in [0.2, 0.25) is 0 Å². The fraction of sp³-hybridized carbons (Fsp3) is 0.235. The van der Waals surface area contributed by atoms with E-state index in [4.69, 9.17) is 49.7 Å². The van der Waals surface area contributed by atoms with Crippen LogP contribution in [0.1, 0.15) is 50.7 Å². The molecule has 0 aliphatic heterocycles. The number of thiocarbonyl (C=S) groups is 2. The SMILES string of the molecule is S=C([S-])N(Cc1ccccc1)c1ccccn1.S=C([S-])N(Cc1ccccc1)c1ccccn1.[CH2]CCC.[CH2]CCC.[Sn+2]. The molecule has 4 radical (unpaired) electrons. The van der Waals surface area contributed by atoms with Gasteiger partial charge in [-0.2, -0.15) is 0 Å². The first-order valence-electron chi connectivity index (χ1n) is 13.8. The van der Waals surface area contributed by atoms with Crippen LogP contribution in [0, 0.1) is 13.8 Å². The van der Waals surface area contributed by atoms with Crippen molar-refractivity contribution in [3.8, 4) is 0 Å². The normalized spacial score (nSPS) is 9.21. The van der Waals surface area contributed by atoms with Gasteiger partial charge in [0.2, 0.25) is 0 Å². The van der Waals surface area contributed by atoms with Gasteiger partial charge in [-0.15, -0.1) is 0 Å². The molecule has 4 nitrogen and oxygen atoms in total. The minimum atomic E-state index is 0. The fourth-order valence-electron chi connectivity index (χ4n) is 3.04. The van der Waals surface area contributed by atoms with E-state index in [-0.39, 0.29) is 23.9 Å². The standard InChI is InChI=1S/2C13H12N2S2.2C4H9.Sn/c2*16-13(17)15(12-8-4-5-9-14-12)10-11-6-2-1-3-7-11;2*1-3-4-2;/h2*1-9H,10H2,(H,16,17);2*1,3-4H2,2H3;/q;;;;+2/p-2. The number of unbranched alkanes of at least 4 members (excludes halogenated alkanes) is 2. The topological polar surface area (TPSA) is 32.3 Å². The average molecular weight is 752 g/mol. The van der Waals surface area contributed by atoms with Crippen molar-refractivity contribution in [2.75, 3.05) is 9.80 Å². The van der Waals surface area contributed by atoms with Crippen molar-refractivity contribution in [3.05, 3.63) is 134 Å². The first-order chi connectivity index (χ1) is 20.4. The third-order valence-electron chi connectivity index (χ3n) is 5.37. The van der Waals surface area contributed by atoms with Gasteiger partial charge in [0, 0.05) is 25.5 Å². The smallest absolute Gasteiger partial charge is 0.411 e. The summed E-state index contributed by atoms with van der Waals surface area (Å²) in [6, 6.07) is 31.5. The van der Waals surface area contributed by atoms with Crippen LogP contribution >= 0.6 is 24.4 Å². The molecule has 2 heterocycles. The van der Waals surface area contributed by atoms with E-state index in [0.717, 1.165) is 35.6 Å². The van der Waals surface area contributed by atoms with Crippen LogP contribution in [-0.2, 0) is 38.3 Å². The average Bonchev–Trinajstić information content (AvgIpc) is 3.04. The Bertz CT molecular complexity index is 1130. The van der Waals surface area contributed by atoms with Gasteiger partial charge in [0.15, 0.2) is 0 Å². The summed E-state index contributed by atoms with van der Waals surface area (Å²) >= 11 is 20.4. The molecule has 43 heavy (non-hydrogen) atoms. The summed E-state index contributed by atoms with van der Waals surface area (Å²) in [5.41, 5.74) is 2.32. The first kappa shape index (κ1) is 40.8. The number of hydrogen-bond acceptors (Lipinski definition) is 6. The van der Waals surface area contributed by atoms with Crippen molar-refractivity contribution in [2.45, 2.75) is 52.6 Å². The zero-order valence-corrected chi connectivity index (χ0v) is 31.1. The van der Waals surface area contributed by atoms with E-state index in [1.165, 1.54) is 12.8 Å². The second kappa shape index (κ2) is 26.2. The Balaban J connectivity index is 0.000000646. The number of pyridine rings is 2. The van der Waals surface area contributed by atoms with Crippen molar-refractivity contribution >= 4 is 93.9 Å². The zero-order chi connectivity index (χ0) is 31.0. The summed E-state index contributed by atoms with van der Waals surface area (Å²) in [6.45, 7) is 12.8. The quantitative estimate of drug-likeness (QED) is 0.101. The van der Waals surface area contributed by atoms with Gasteiger partial charge in [0.1, 0.15) is 11.6 Å². The van der Waals surface area contributed by atoms with Crippen molar-refractivity contribution in [1.29, 1.82) is 0 Å². The Morgan fingerprint density at radius 2 is 0.907 bits per heavy atom. The second-order valence-electron chi connectivity index (χ2n) is 8.76. The number of anilines is 2. The second-order valence-corrected chi connectivity index (χ2v) is 10.8. The Hall–Kier alpha value is -2.24. The van der Waals surface area contributed by atoms with Gasteiger partial charge in [-0.25, -0.2) is 9.97 Å². The molecule has 2 aromatic heterocycles. The van der Waals surface area contributed by atoms with E-state index in [2.05, 4.69) is 37.7 Å². The van der Waals surface area contributed by atoms with Crippen LogP contribution in [0.4, 0.5) is 11.6 Å². The van der Waals surface area contributed by atoms with E-state index in [1.807, 2.05) is 107 Å². The van der Waals surface area contributed by atoms with Crippen LogP contribution in [-0.4, -0.2) is 42.5 Å². The molecule has 0 atom stereocenters. The fourth-order valence-corrected chi connectivity index (χ4v) is 3.67. The molecule has 0 N–H and O–H groups in total. The first-order valence-corrected chi connectivity index (χ1v) is 15.5. The molecule has 0 amide bonds. The van der Waals surface area contributed by atoms with Gasteiger partial charge in [-0.05, 0) is 35.4 Å². The third kappa shape index (κ3) is 18.2. The molecule has 0 saturated heterocycles. The summed E-state index contributed by atoms with van der Waals surface area (Å²) in [7, 11) is 0. The number of hydrogen-bond donors (Lipinski definition) is 0. The summed E-state index contributed by atoms with van der Waals surface area (Å²) in [5.74, 6) is 1.58. The van der Waals surface area contributed by atoms with Crippen molar-refractivity contribution in [2.24, 2.45) is 0 Å². The van der Waals surface area contributed by atoms with Crippen molar-refractivity contribution in [1.82, 2.24) is 9.97 Å². The summed E-state index contributed by atoms with van der Waals surface area (Å²) in [5, 5.41) is 0. The number of rotatable bonds is 8. The molecule has 0 aliphatic carbocycles. The van der Waals surface area contributed by atoms with E-state index in [0.29, 0.717) is 21.7 Å². The zero-order valence-electron chi connectivity index (χ0n) is 25.0. The molecule has 224 valence electrons. The van der Waals surface area contributed by atoms with Crippen LogP contribution in [0.5, 0.6) is 0 Å². The van der Waals surface area contributed by atoms with Gasteiger partial charge in [0.05, 0.1) is 0 Å². The van der Waals surface area contributed by atoms with E-state index in [1.54, 1.807) is 12.4 Å².